The van der Waals surface area contributed by atoms with E-state index in [0.29, 0.717) is 93.7 Å². The minimum Gasteiger partial charge on any atom is -0.478 e. The monoisotopic (exact) mass is 1190 g/mol. The standard InChI is InChI=1S/C63H72Cl2N12O8/c1-71-27-9-12-42(71)37-84-63-68-51-36-76(30-25-47(51)61(70-63)74(4)41-23-28-77(34-41)55(79)20-22-57(82)83-5)53-16-8-13-45-44(17-18-49(65)59(45)53)40-32-43(73(3)33-40)38-85-62-67-50-35-75(52-15-7-11-39-10-6-14-48(64)58(39)52)29-24-46(50)60(69-62)72(2)31-26-66-54(78)19-21-56(80)81/h6-8,10-11,13-22,40-43H,9,12,23-38H2,1-5H3,(H,66,78)(H,80,81)/b21-19+,22-20-/t40?,41?,42-,43-/m0/s1. The highest BCUT2D eigenvalue weighted by atomic mass is 35.5. The molecular weight excluding hydrogens is 1120 g/mol. The zero-order valence-electron chi connectivity index (χ0n) is 48.7. The summed E-state index contributed by atoms with van der Waals surface area (Å²) in [7, 11) is 9.50. The number of benzene rings is 4. The van der Waals surface area contributed by atoms with Gasteiger partial charge in [-0.25, -0.2) is 9.59 Å². The van der Waals surface area contributed by atoms with Gasteiger partial charge in [0.1, 0.15) is 24.8 Å². The van der Waals surface area contributed by atoms with Crippen LogP contribution < -0.4 is 34.4 Å². The average Bonchev–Trinajstić information content (AvgIpc) is 3.15. The Morgan fingerprint density at radius 3 is 2.07 bits per heavy atom. The molecule has 4 atom stereocenters. The number of rotatable bonds is 19. The van der Waals surface area contributed by atoms with Crippen LogP contribution in [0, 0.1) is 0 Å². The summed E-state index contributed by atoms with van der Waals surface area (Å²) in [6, 6.07) is 23.7. The molecule has 0 radical (unpaired) electrons. The number of likely N-dealkylation sites (N-methyl/N-ethyl adjacent to an activating group) is 4. The summed E-state index contributed by atoms with van der Waals surface area (Å²) in [6.45, 7) is 6.75. The lowest BCUT2D eigenvalue weighted by molar-refractivity contribution is -0.135. The predicted octanol–water partition coefficient (Wildman–Crippen LogP) is 7.30. The third-order valence-electron chi connectivity index (χ3n) is 17.6. The molecule has 0 saturated carbocycles. The number of fused-ring (bicyclic) bond motifs is 4. The van der Waals surface area contributed by atoms with E-state index in [1.165, 1.54) is 18.7 Å². The van der Waals surface area contributed by atoms with Gasteiger partial charge in [0.2, 0.25) is 11.8 Å². The number of carboxylic acids is 1. The minimum absolute atomic E-state index is 0.0134. The molecule has 22 heteroatoms. The first-order valence-electron chi connectivity index (χ1n) is 29.1. The molecule has 7 heterocycles. The Kier molecular flexibility index (Phi) is 17.9. The fourth-order valence-corrected chi connectivity index (χ4v) is 13.4. The van der Waals surface area contributed by atoms with Crippen LogP contribution in [-0.4, -0.2) is 182 Å². The summed E-state index contributed by atoms with van der Waals surface area (Å²) in [4.78, 5) is 83.8. The number of amides is 2. The quantitative estimate of drug-likeness (QED) is 0.0603. The van der Waals surface area contributed by atoms with Gasteiger partial charge in [-0.1, -0.05) is 65.7 Å². The topological polar surface area (TPSA) is 202 Å². The van der Waals surface area contributed by atoms with E-state index in [2.05, 4.69) is 86.4 Å². The maximum absolute atomic E-state index is 13.1. The van der Waals surface area contributed by atoms with Crippen LogP contribution >= 0.6 is 23.2 Å². The zero-order valence-corrected chi connectivity index (χ0v) is 50.2. The van der Waals surface area contributed by atoms with Gasteiger partial charge in [-0.15, -0.1) is 0 Å². The van der Waals surface area contributed by atoms with Crippen molar-refractivity contribution in [2.45, 2.75) is 75.7 Å². The van der Waals surface area contributed by atoms with Gasteiger partial charge in [0, 0.05) is 136 Å². The Bertz CT molecular complexity index is 3580. The zero-order chi connectivity index (χ0) is 59.5. The van der Waals surface area contributed by atoms with Crippen LogP contribution in [0.3, 0.4) is 0 Å². The van der Waals surface area contributed by atoms with E-state index in [1.54, 1.807) is 4.90 Å². The SMILES string of the molecule is COC(=O)/C=C\C(=O)N1CCC(N(C)c2nc(OC[C@@H]3CCCN3C)nc3c2CCN(c2cccc4c(C5C[C@@H](COc6nc7c(c(N(C)CCNC(=O)/C=C/C(=O)O)n6)CCN(c6cccc8cccc(Cl)c68)C7)N(C)C5)ccc(Cl)c24)C3)C1. The second kappa shape index (κ2) is 25.8. The van der Waals surface area contributed by atoms with E-state index in [1.807, 2.05) is 43.3 Å². The van der Waals surface area contributed by atoms with Crippen molar-refractivity contribution >= 4 is 91.5 Å². The number of ether oxygens (including phenoxy) is 3. The normalized spacial score (nSPS) is 19.9. The molecule has 3 fully saturated rings. The maximum atomic E-state index is 13.1. The predicted molar refractivity (Wildman–Crippen MR) is 330 cm³/mol. The Hall–Kier alpha value is -7.78. The van der Waals surface area contributed by atoms with Crippen LogP contribution in [0.2, 0.25) is 10.0 Å². The van der Waals surface area contributed by atoms with Crippen LogP contribution in [0.4, 0.5) is 23.0 Å². The molecule has 5 aliphatic heterocycles. The minimum atomic E-state index is -1.19. The Morgan fingerprint density at radius 2 is 1.38 bits per heavy atom. The van der Waals surface area contributed by atoms with Crippen LogP contribution in [0.25, 0.3) is 21.5 Å². The largest absolute Gasteiger partial charge is 0.478 e. The number of hydrogen-bond donors (Lipinski definition) is 2. The number of anilines is 4. The lowest BCUT2D eigenvalue weighted by Crippen LogP contribution is -2.39. The molecule has 2 N–H and O–H groups in total. The number of nitrogens with zero attached hydrogens (tertiary/aromatic N) is 11. The molecule has 20 nitrogen and oxygen atoms in total. The molecule has 11 rings (SSSR count). The number of carbonyl (C=O) groups excluding carboxylic acids is 3. The van der Waals surface area contributed by atoms with Gasteiger partial charge in [0.25, 0.3) is 0 Å². The summed E-state index contributed by atoms with van der Waals surface area (Å²) < 4.78 is 17.8. The van der Waals surface area contributed by atoms with Crippen LogP contribution in [0.5, 0.6) is 12.0 Å². The van der Waals surface area contributed by atoms with Gasteiger partial charge in [0.15, 0.2) is 0 Å². The van der Waals surface area contributed by atoms with E-state index in [9.17, 15) is 19.2 Å². The van der Waals surface area contributed by atoms with Crippen molar-refractivity contribution in [1.82, 2.24) is 40.0 Å². The summed E-state index contributed by atoms with van der Waals surface area (Å²) in [6.07, 6.45) is 9.31. The molecule has 0 aliphatic carbocycles. The third kappa shape index (κ3) is 12.9. The van der Waals surface area contributed by atoms with Crippen molar-refractivity contribution in [3.63, 3.8) is 0 Å². The van der Waals surface area contributed by atoms with Crippen molar-refractivity contribution in [3.05, 3.63) is 129 Å². The fourth-order valence-electron chi connectivity index (χ4n) is 12.9. The lowest BCUT2D eigenvalue weighted by Gasteiger charge is -2.35. The number of carbonyl (C=O) groups is 4. The second-order valence-corrected chi connectivity index (χ2v) is 23.6. The van der Waals surface area contributed by atoms with Crippen molar-refractivity contribution in [2.24, 2.45) is 0 Å². The molecule has 4 aromatic carbocycles. The summed E-state index contributed by atoms with van der Waals surface area (Å²) >= 11 is 14.1. The highest BCUT2D eigenvalue weighted by Gasteiger charge is 2.36. The lowest BCUT2D eigenvalue weighted by atomic mass is 9.90. The van der Waals surface area contributed by atoms with Gasteiger partial charge in [-0.05, 0) is 106 Å². The number of hydrogen-bond acceptors (Lipinski definition) is 17. The van der Waals surface area contributed by atoms with E-state index >= 15 is 0 Å². The molecule has 3 saturated heterocycles. The van der Waals surface area contributed by atoms with Gasteiger partial charge >= 0.3 is 24.0 Å². The number of likely N-dealkylation sites (tertiary alicyclic amines) is 3. The van der Waals surface area contributed by atoms with Crippen LogP contribution in [0.1, 0.15) is 59.7 Å². The molecule has 2 aromatic heterocycles. The number of methoxy groups -OCH3 is 1. The number of aromatic nitrogens is 4. The van der Waals surface area contributed by atoms with Gasteiger partial charge in [-0.2, -0.15) is 19.9 Å². The van der Waals surface area contributed by atoms with E-state index in [0.717, 1.165) is 118 Å². The first kappa shape index (κ1) is 59.0. The Morgan fingerprint density at radius 1 is 0.718 bits per heavy atom. The first-order chi connectivity index (χ1) is 41.1. The summed E-state index contributed by atoms with van der Waals surface area (Å²) in [5.41, 5.74) is 7.05. The van der Waals surface area contributed by atoms with Crippen molar-refractivity contribution in [1.29, 1.82) is 0 Å². The molecule has 2 amide bonds. The van der Waals surface area contributed by atoms with E-state index in [-0.39, 0.29) is 42.5 Å². The third-order valence-corrected chi connectivity index (χ3v) is 18.2. The van der Waals surface area contributed by atoms with Crippen molar-refractivity contribution in [2.75, 3.05) is 120 Å². The van der Waals surface area contributed by atoms with Crippen molar-refractivity contribution in [3.8, 4) is 12.0 Å². The fraction of sp³-hybridized carbons (Fsp3) is 0.429. The van der Waals surface area contributed by atoms with Gasteiger partial charge in [0.05, 0.1) is 41.6 Å². The first-order valence-corrected chi connectivity index (χ1v) is 29.9. The molecule has 0 spiro atoms. The molecule has 0 bridgehead atoms. The highest BCUT2D eigenvalue weighted by molar-refractivity contribution is 6.37. The van der Waals surface area contributed by atoms with Crippen LogP contribution in [0.15, 0.2) is 91.0 Å². The maximum Gasteiger partial charge on any atom is 0.330 e. The second-order valence-electron chi connectivity index (χ2n) is 22.8. The number of esters is 1. The van der Waals surface area contributed by atoms with E-state index < -0.39 is 17.8 Å². The van der Waals surface area contributed by atoms with Gasteiger partial charge < -0.3 is 54.0 Å². The van der Waals surface area contributed by atoms with Crippen molar-refractivity contribution < 1.29 is 38.5 Å². The Labute approximate surface area is 504 Å². The molecule has 2 unspecified atom stereocenters. The number of aliphatic carboxylic acids is 1. The summed E-state index contributed by atoms with van der Waals surface area (Å²) in [5.74, 6) is -0.816. The average molecular weight is 1200 g/mol. The molecule has 85 heavy (non-hydrogen) atoms. The highest BCUT2D eigenvalue weighted by Crippen LogP contribution is 2.43. The molecule has 6 aromatic rings. The van der Waals surface area contributed by atoms with Crippen LogP contribution in [-0.2, 0) is 49.8 Å². The summed E-state index contributed by atoms with van der Waals surface area (Å²) in [5, 5.41) is 17.3. The number of carboxylic acid groups (broad SMARTS) is 1. The van der Waals surface area contributed by atoms with Gasteiger partial charge in [-0.3, -0.25) is 14.5 Å². The molecular formula is C63H72Cl2N12O8. The number of nitrogens with one attached hydrogen (secondary N) is 1. The Balaban J connectivity index is 0.821. The van der Waals surface area contributed by atoms with E-state index in [4.69, 9.17) is 62.5 Å². The molecule has 446 valence electrons. The number of halogens is 2. The smallest absolute Gasteiger partial charge is 0.330 e. The molecule has 5 aliphatic rings.